The third-order valence-electron chi connectivity index (χ3n) is 13.8. The Morgan fingerprint density at radius 1 is 0.415 bits per heavy atom. The van der Waals surface area contributed by atoms with Crippen LogP contribution in [0, 0.1) is 0 Å². The van der Waals surface area contributed by atoms with Gasteiger partial charge in [0.1, 0.15) is 0 Å². The van der Waals surface area contributed by atoms with E-state index in [1.165, 1.54) is 225 Å². The standard InChI is InChI=1S/C59H115NO5/c1-3-5-7-9-11-13-15-17-19-21-22-23-24-27-31-35-39-43-47-51-57(62)56(55-61)60-58(63)52-48-44-40-36-32-28-26-30-34-38-42-46-50-54-65-59(64)53-49-45-41-37-33-29-25-20-18-16-14-12-10-8-6-4-2/h28,32,56-57,61-62H,3-27,29-31,33-55H2,1-2H3,(H,60,63)/b32-28-. The van der Waals surface area contributed by atoms with Gasteiger partial charge in [0.05, 0.1) is 25.4 Å². The minimum Gasteiger partial charge on any atom is -0.466 e. The van der Waals surface area contributed by atoms with E-state index < -0.39 is 12.1 Å². The van der Waals surface area contributed by atoms with Crippen molar-refractivity contribution in [1.29, 1.82) is 0 Å². The third-order valence-corrected chi connectivity index (χ3v) is 13.8. The van der Waals surface area contributed by atoms with Crippen molar-refractivity contribution >= 4 is 11.9 Å². The maximum Gasteiger partial charge on any atom is 0.305 e. The van der Waals surface area contributed by atoms with Gasteiger partial charge in [-0.05, 0) is 51.4 Å². The van der Waals surface area contributed by atoms with Crippen LogP contribution in [-0.4, -0.2) is 47.4 Å². The minimum absolute atomic E-state index is 0.00822. The summed E-state index contributed by atoms with van der Waals surface area (Å²) < 4.78 is 5.47. The summed E-state index contributed by atoms with van der Waals surface area (Å²) in [4.78, 5) is 24.5. The number of aliphatic hydroxyl groups is 2. The number of carbonyl (C=O) groups excluding carboxylic acids is 2. The summed E-state index contributed by atoms with van der Waals surface area (Å²) in [5.41, 5.74) is 0. The fourth-order valence-corrected chi connectivity index (χ4v) is 9.28. The first-order chi connectivity index (χ1) is 32.0. The second-order valence-electron chi connectivity index (χ2n) is 20.3. The molecule has 0 saturated carbocycles. The zero-order chi connectivity index (χ0) is 47.2. The van der Waals surface area contributed by atoms with E-state index in [1.54, 1.807) is 0 Å². The predicted octanol–water partition coefficient (Wildman–Crippen LogP) is 18.1. The molecular weight excluding hydrogens is 803 g/mol. The van der Waals surface area contributed by atoms with Crippen LogP contribution in [-0.2, 0) is 14.3 Å². The molecule has 2 atom stereocenters. The molecule has 0 aromatic carbocycles. The Balaban J connectivity index is 3.47. The first-order valence-electron chi connectivity index (χ1n) is 29.4. The summed E-state index contributed by atoms with van der Waals surface area (Å²) in [5.74, 6) is -0.0697. The van der Waals surface area contributed by atoms with Crippen molar-refractivity contribution < 1.29 is 24.5 Å². The van der Waals surface area contributed by atoms with E-state index in [0.717, 1.165) is 70.6 Å². The Kier molecular flexibility index (Phi) is 54.0. The molecule has 1 amide bonds. The summed E-state index contributed by atoms with van der Waals surface area (Å²) in [6, 6.07) is -0.561. The molecule has 0 radical (unpaired) electrons. The van der Waals surface area contributed by atoms with Crippen LogP contribution in [0.1, 0.15) is 328 Å². The molecule has 6 heteroatoms. The van der Waals surface area contributed by atoms with Crippen LogP contribution in [0.2, 0.25) is 0 Å². The number of allylic oxidation sites excluding steroid dienone is 2. The van der Waals surface area contributed by atoms with E-state index in [0.29, 0.717) is 25.9 Å². The van der Waals surface area contributed by atoms with Crippen LogP contribution < -0.4 is 5.32 Å². The molecule has 65 heavy (non-hydrogen) atoms. The lowest BCUT2D eigenvalue weighted by Crippen LogP contribution is -2.45. The van der Waals surface area contributed by atoms with Crippen molar-refractivity contribution in [3.63, 3.8) is 0 Å². The minimum atomic E-state index is -0.681. The van der Waals surface area contributed by atoms with Crippen molar-refractivity contribution in [3.8, 4) is 0 Å². The molecular formula is C59H115NO5. The molecule has 0 rings (SSSR count). The van der Waals surface area contributed by atoms with E-state index >= 15 is 0 Å². The highest BCUT2D eigenvalue weighted by Crippen LogP contribution is 2.18. The van der Waals surface area contributed by atoms with Gasteiger partial charge in [0.2, 0.25) is 5.91 Å². The fourth-order valence-electron chi connectivity index (χ4n) is 9.28. The highest BCUT2D eigenvalue weighted by atomic mass is 16.5. The van der Waals surface area contributed by atoms with E-state index in [1.807, 2.05) is 0 Å². The molecule has 0 aromatic heterocycles. The number of amides is 1. The van der Waals surface area contributed by atoms with Crippen molar-refractivity contribution in [2.45, 2.75) is 341 Å². The molecule has 0 fully saturated rings. The zero-order valence-corrected chi connectivity index (χ0v) is 44.0. The van der Waals surface area contributed by atoms with Crippen LogP contribution in [0.4, 0.5) is 0 Å². The average Bonchev–Trinajstić information content (AvgIpc) is 3.31. The number of rotatable bonds is 55. The number of nitrogens with one attached hydrogen (secondary N) is 1. The van der Waals surface area contributed by atoms with Crippen LogP contribution in [0.15, 0.2) is 12.2 Å². The summed E-state index contributed by atoms with van der Waals surface area (Å²) in [6.45, 7) is 4.94. The van der Waals surface area contributed by atoms with Gasteiger partial charge in [-0.15, -0.1) is 0 Å². The SMILES string of the molecule is CCCCCCCCCCCCCCCCCCCCCC(O)C(CO)NC(=O)CCCCC/C=C\CCCCCCCCOC(=O)CCCCCCCCCCCCCCCCCC. The summed E-state index contributed by atoms with van der Waals surface area (Å²) >= 11 is 0. The Bertz CT molecular complexity index is 970. The van der Waals surface area contributed by atoms with Crippen LogP contribution in [0.25, 0.3) is 0 Å². The molecule has 0 bridgehead atoms. The third kappa shape index (κ3) is 51.8. The van der Waals surface area contributed by atoms with Crippen LogP contribution in [0.5, 0.6) is 0 Å². The van der Waals surface area contributed by atoms with Gasteiger partial charge in [-0.1, -0.05) is 276 Å². The molecule has 0 spiro atoms. The number of hydrogen-bond donors (Lipinski definition) is 3. The van der Waals surface area contributed by atoms with E-state index in [2.05, 4.69) is 31.3 Å². The van der Waals surface area contributed by atoms with Gasteiger partial charge in [-0.3, -0.25) is 9.59 Å². The topological polar surface area (TPSA) is 95.9 Å². The maximum absolute atomic E-state index is 12.5. The first kappa shape index (κ1) is 63.6. The van der Waals surface area contributed by atoms with Gasteiger partial charge < -0.3 is 20.3 Å². The summed E-state index contributed by atoms with van der Waals surface area (Å²) in [5, 5.41) is 23.3. The molecule has 3 N–H and O–H groups in total. The highest BCUT2D eigenvalue weighted by molar-refractivity contribution is 5.76. The van der Waals surface area contributed by atoms with Crippen molar-refractivity contribution in [2.24, 2.45) is 0 Å². The van der Waals surface area contributed by atoms with Crippen LogP contribution in [0.3, 0.4) is 0 Å². The van der Waals surface area contributed by atoms with Gasteiger partial charge in [0, 0.05) is 12.8 Å². The summed E-state index contributed by atoms with van der Waals surface area (Å²) in [7, 11) is 0. The quantitative estimate of drug-likeness (QED) is 0.0321. The fraction of sp³-hybridized carbons (Fsp3) is 0.932. The summed E-state index contributed by atoms with van der Waals surface area (Å²) in [6.07, 6.45) is 64.9. The number of aliphatic hydroxyl groups excluding tert-OH is 2. The predicted molar refractivity (Wildman–Crippen MR) is 283 cm³/mol. The normalized spacial score (nSPS) is 12.6. The molecule has 0 aliphatic carbocycles. The molecule has 386 valence electrons. The number of ether oxygens (including phenoxy) is 1. The van der Waals surface area contributed by atoms with Gasteiger partial charge in [0.25, 0.3) is 0 Å². The molecule has 2 unspecified atom stereocenters. The number of unbranched alkanes of at least 4 members (excludes halogenated alkanes) is 42. The largest absolute Gasteiger partial charge is 0.466 e. The zero-order valence-electron chi connectivity index (χ0n) is 44.0. The monoisotopic (exact) mass is 918 g/mol. The lowest BCUT2D eigenvalue weighted by molar-refractivity contribution is -0.143. The Hall–Kier alpha value is -1.40. The molecule has 0 aliphatic rings. The van der Waals surface area contributed by atoms with Gasteiger partial charge in [0.15, 0.2) is 0 Å². The lowest BCUT2D eigenvalue weighted by atomic mass is 10.0. The van der Waals surface area contributed by atoms with Gasteiger partial charge >= 0.3 is 5.97 Å². The Labute approximate surface area is 406 Å². The van der Waals surface area contributed by atoms with E-state index in [4.69, 9.17) is 4.74 Å². The molecule has 6 nitrogen and oxygen atoms in total. The highest BCUT2D eigenvalue weighted by Gasteiger charge is 2.20. The van der Waals surface area contributed by atoms with Gasteiger partial charge in [-0.2, -0.15) is 0 Å². The lowest BCUT2D eigenvalue weighted by Gasteiger charge is -2.22. The second-order valence-corrected chi connectivity index (χ2v) is 20.3. The van der Waals surface area contributed by atoms with Crippen molar-refractivity contribution in [2.75, 3.05) is 13.2 Å². The first-order valence-corrected chi connectivity index (χ1v) is 29.4. The molecule has 0 heterocycles. The van der Waals surface area contributed by atoms with E-state index in [9.17, 15) is 19.8 Å². The number of carbonyl (C=O) groups is 2. The number of esters is 1. The van der Waals surface area contributed by atoms with Crippen molar-refractivity contribution in [1.82, 2.24) is 5.32 Å². The molecule has 0 aromatic rings. The maximum atomic E-state index is 12.5. The van der Waals surface area contributed by atoms with Crippen molar-refractivity contribution in [3.05, 3.63) is 12.2 Å². The molecule has 0 saturated heterocycles. The Morgan fingerprint density at radius 3 is 1.11 bits per heavy atom. The number of hydrogen-bond acceptors (Lipinski definition) is 5. The Morgan fingerprint density at radius 2 is 0.723 bits per heavy atom. The second kappa shape index (κ2) is 55.2. The van der Waals surface area contributed by atoms with Gasteiger partial charge in [-0.25, -0.2) is 0 Å². The smallest absolute Gasteiger partial charge is 0.305 e. The average molecular weight is 919 g/mol. The van der Waals surface area contributed by atoms with Crippen LogP contribution >= 0.6 is 0 Å². The van der Waals surface area contributed by atoms with E-state index in [-0.39, 0.29) is 18.5 Å². The molecule has 0 aliphatic heterocycles.